The zero-order chi connectivity index (χ0) is 14.9. The largest absolute Gasteiger partial charge is 0.309 e. The maximum atomic E-state index is 14.2. The van der Waals surface area contributed by atoms with Gasteiger partial charge in [-0.1, -0.05) is 12.1 Å². The molecule has 0 bridgehead atoms. The number of rotatable bonds is 3. The molecule has 0 spiro atoms. The Kier molecular flexibility index (Phi) is 4.14. The second kappa shape index (κ2) is 5.67. The third-order valence-electron chi connectivity index (χ3n) is 3.44. The molecule has 20 heavy (non-hydrogen) atoms. The van der Waals surface area contributed by atoms with Crippen molar-refractivity contribution in [2.75, 3.05) is 7.05 Å². The van der Waals surface area contributed by atoms with E-state index < -0.39 is 17.7 Å². The molecular weight excluding hydrogens is 263 g/mol. The molecule has 0 aliphatic heterocycles. The van der Waals surface area contributed by atoms with Crippen LogP contribution in [0.25, 0.3) is 0 Å². The first-order valence-electron chi connectivity index (χ1n) is 6.33. The SMILES string of the molecule is CNC(c1ccc(F)cc1C)c1c(F)ccc(C)c1F. The number of hydrogen-bond donors (Lipinski definition) is 1. The third kappa shape index (κ3) is 2.56. The summed E-state index contributed by atoms with van der Waals surface area (Å²) in [5.74, 6) is -1.56. The van der Waals surface area contributed by atoms with Gasteiger partial charge in [0.05, 0.1) is 6.04 Å². The molecule has 0 amide bonds. The molecule has 1 atom stereocenters. The molecule has 0 saturated heterocycles. The number of nitrogens with one attached hydrogen (secondary N) is 1. The average Bonchev–Trinajstić information content (AvgIpc) is 2.40. The topological polar surface area (TPSA) is 12.0 Å². The summed E-state index contributed by atoms with van der Waals surface area (Å²) in [6, 6.07) is 6.18. The predicted octanol–water partition coefficient (Wildman–Crippen LogP) is 4.03. The summed E-state index contributed by atoms with van der Waals surface area (Å²) in [5, 5.41) is 2.90. The quantitative estimate of drug-likeness (QED) is 0.894. The number of benzene rings is 2. The molecule has 1 nitrogen and oxygen atoms in total. The molecule has 0 aliphatic rings. The van der Waals surface area contributed by atoms with E-state index in [0.29, 0.717) is 16.7 Å². The molecule has 1 unspecified atom stereocenters. The second-order valence-electron chi connectivity index (χ2n) is 4.81. The molecule has 2 rings (SSSR count). The summed E-state index contributed by atoms with van der Waals surface area (Å²) in [6.07, 6.45) is 0. The summed E-state index contributed by atoms with van der Waals surface area (Å²) in [7, 11) is 1.62. The van der Waals surface area contributed by atoms with Crippen LogP contribution in [0.5, 0.6) is 0 Å². The van der Waals surface area contributed by atoms with Gasteiger partial charge >= 0.3 is 0 Å². The van der Waals surface area contributed by atoms with Crippen LogP contribution in [0.15, 0.2) is 30.3 Å². The van der Waals surface area contributed by atoms with Crippen molar-refractivity contribution < 1.29 is 13.2 Å². The summed E-state index contributed by atoms with van der Waals surface area (Å²) in [5.41, 5.74) is 1.63. The van der Waals surface area contributed by atoms with Crippen LogP contribution in [-0.4, -0.2) is 7.05 Å². The normalized spacial score (nSPS) is 12.5. The Hall–Kier alpha value is -1.81. The van der Waals surface area contributed by atoms with Gasteiger partial charge in [0.1, 0.15) is 17.5 Å². The number of halogens is 3. The Morgan fingerprint density at radius 1 is 0.950 bits per heavy atom. The van der Waals surface area contributed by atoms with Gasteiger partial charge in [0.25, 0.3) is 0 Å². The van der Waals surface area contributed by atoms with Crippen molar-refractivity contribution in [2.24, 2.45) is 0 Å². The Bertz CT molecular complexity index is 638. The van der Waals surface area contributed by atoms with Crippen molar-refractivity contribution in [1.29, 1.82) is 0 Å². The third-order valence-corrected chi connectivity index (χ3v) is 3.44. The van der Waals surface area contributed by atoms with Crippen molar-refractivity contribution in [3.05, 3.63) is 70.0 Å². The van der Waals surface area contributed by atoms with E-state index in [4.69, 9.17) is 0 Å². The molecule has 2 aromatic carbocycles. The van der Waals surface area contributed by atoms with Gasteiger partial charge in [0, 0.05) is 5.56 Å². The molecule has 106 valence electrons. The van der Waals surface area contributed by atoms with E-state index in [9.17, 15) is 13.2 Å². The molecule has 0 aliphatic carbocycles. The van der Waals surface area contributed by atoms with E-state index >= 15 is 0 Å². The summed E-state index contributed by atoms with van der Waals surface area (Å²) < 4.78 is 41.4. The fourth-order valence-electron chi connectivity index (χ4n) is 2.36. The van der Waals surface area contributed by atoms with Crippen LogP contribution in [0.2, 0.25) is 0 Å². The fraction of sp³-hybridized carbons (Fsp3) is 0.250. The summed E-state index contributed by atoms with van der Waals surface area (Å²) >= 11 is 0. The van der Waals surface area contributed by atoms with Crippen molar-refractivity contribution in [3.63, 3.8) is 0 Å². The lowest BCUT2D eigenvalue weighted by Gasteiger charge is -2.21. The molecule has 0 radical (unpaired) electrons. The highest BCUT2D eigenvalue weighted by atomic mass is 19.1. The highest BCUT2D eigenvalue weighted by Gasteiger charge is 2.23. The Morgan fingerprint density at radius 3 is 2.25 bits per heavy atom. The van der Waals surface area contributed by atoms with E-state index in [-0.39, 0.29) is 11.4 Å². The number of hydrogen-bond acceptors (Lipinski definition) is 1. The van der Waals surface area contributed by atoms with Crippen molar-refractivity contribution in [2.45, 2.75) is 19.9 Å². The first kappa shape index (κ1) is 14.6. The molecular formula is C16H16F3N. The van der Waals surface area contributed by atoms with Crippen molar-refractivity contribution in [1.82, 2.24) is 5.32 Å². The van der Waals surface area contributed by atoms with Gasteiger partial charge in [-0.2, -0.15) is 0 Å². The van der Waals surface area contributed by atoms with Crippen LogP contribution in [0, 0.1) is 31.3 Å². The molecule has 0 heterocycles. The predicted molar refractivity (Wildman–Crippen MR) is 73.1 cm³/mol. The first-order chi connectivity index (χ1) is 9.45. The van der Waals surface area contributed by atoms with Crippen molar-refractivity contribution in [3.8, 4) is 0 Å². The zero-order valence-electron chi connectivity index (χ0n) is 11.6. The minimum absolute atomic E-state index is 0.0396. The van der Waals surface area contributed by atoms with Crippen LogP contribution >= 0.6 is 0 Å². The van der Waals surface area contributed by atoms with Gasteiger partial charge in [0.2, 0.25) is 0 Å². The van der Waals surface area contributed by atoms with Crippen LogP contribution in [0.4, 0.5) is 13.2 Å². The highest BCUT2D eigenvalue weighted by Crippen LogP contribution is 2.30. The van der Waals surface area contributed by atoms with Gasteiger partial charge in [-0.25, -0.2) is 13.2 Å². The molecule has 0 saturated carbocycles. The van der Waals surface area contributed by atoms with Crippen LogP contribution < -0.4 is 5.32 Å². The van der Waals surface area contributed by atoms with Gasteiger partial charge in [-0.3, -0.25) is 0 Å². The Labute approximate surface area is 116 Å². The minimum Gasteiger partial charge on any atom is -0.309 e. The molecule has 2 aromatic rings. The lowest BCUT2D eigenvalue weighted by atomic mass is 9.93. The van der Waals surface area contributed by atoms with E-state index in [0.717, 1.165) is 0 Å². The Balaban J connectivity index is 2.61. The monoisotopic (exact) mass is 279 g/mol. The lowest BCUT2D eigenvalue weighted by molar-refractivity contribution is 0.516. The first-order valence-corrected chi connectivity index (χ1v) is 6.33. The van der Waals surface area contributed by atoms with E-state index in [1.54, 1.807) is 27.0 Å². The second-order valence-corrected chi connectivity index (χ2v) is 4.81. The van der Waals surface area contributed by atoms with E-state index in [2.05, 4.69) is 5.32 Å². The maximum Gasteiger partial charge on any atom is 0.134 e. The van der Waals surface area contributed by atoms with Gasteiger partial charge in [-0.05, 0) is 55.8 Å². The van der Waals surface area contributed by atoms with Crippen molar-refractivity contribution >= 4 is 0 Å². The number of aryl methyl sites for hydroxylation is 2. The van der Waals surface area contributed by atoms with Gasteiger partial charge in [0.15, 0.2) is 0 Å². The molecule has 0 aromatic heterocycles. The van der Waals surface area contributed by atoms with Crippen LogP contribution in [0.3, 0.4) is 0 Å². The Morgan fingerprint density at radius 2 is 1.65 bits per heavy atom. The smallest absolute Gasteiger partial charge is 0.134 e. The van der Waals surface area contributed by atoms with Crippen LogP contribution in [0.1, 0.15) is 28.3 Å². The highest BCUT2D eigenvalue weighted by molar-refractivity contribution is 5.40. The van der Waals surface area contributed by atoms with E-state index in [1.807, 2.05) is 0 Å². The van der Waals surface area contributed by atoms with Gasteiger partial charge in [-0.15, -0.1) is 0 Å². The standard InChI is InChI=1S/C16H16F3N/c1-9-4-7-13(18)14(15(9)19)16(20-3)12-6-5-11(17)8-10(12)2/h4-8,16,20H,1-3H3. The zero-order valence-corrected chi connectivity index (χ0v) is 11.6. The minimum atomic E-state index is -0.657. The molecule has 0 fully saturated rings. The van der Waals surface area contributed by atoms with Crippen LogP contribution in [-0.2, 0) is 0 Å². The molecule has 1 N–H and O–H groups in total. The molecule has 4 heteroatoms. The maximum absolute atomic E-state index is 14.2. The average molecular weight is 279 g/mol. The summed E-state index contributed by atoms with van der Waals surface area (Å²) in [4.78, 5) is 0. The van der Waals surface area contributed by atoms with E-state index in [1.165, 1.54) is 24.3 Å². The van der Waals surface area contributed by atoms with Gasteiger partial charge < -0.3 is 5.32 Å². The lowest BCUT2D eigenvalue weighted by Crippen LogP contribution is -2.22. The summed E-state index contributed by atoms with van der Waals surface area (Å²) in [6.45, 7) is 3.30. The fourth-order valence-corrected chi connectivity index (χ4v) is 2.36.